The Morgan fingerprint density at radius 2 is 2.20 bits per heavy atom. The Kier molecular flexibility index (Phi) is 3.38. The number of aryl methyl sites for hydroxylation is 1. The zero-order valence-electron chi connectivity index (χ0n) is 10.7. The highest BCUT2D eigenvalue weighted by molar-refractivity contribution is 5.86. The van der Waals surface area contributed by atoms with E-state index >= 15 is 0 Å². The highest BCUT2D eigenvalue weighted by Crippen LogP contribution is 2.27. The van der Waals surface area contributed by atoms with Crippen LogP contribution < -0.4 is 4.74 Å². The fourth-order valence-corrected chi connectivity index (χ4v) is 1.76. The van der Waals surface area contributed by atoms with Crippen molar-refractivity contribution in [2.75, 3.05) is 7.11 Å². The van der Waals surface area contributed by atoms with Crippen molar-refractivity contribution in [1.82, 2.24) is 9.78 Å². The fourth-order valence-electron chi connectivity index (χ4n) is 1.76. The zero-order chi connectivity index (χ0) is 14.9. The number of rotatable bonds is 4. The van der Waals surface area contributed by atoms with Crippen LogP contribution in [0.15, 0.2) is 24.4 Å². The molecule has 1 heterocycles. The fraction of sp³-hybridized carbons (Fsp3) is 0.167. The van der Waals surface area contributed by atoms with Crippen LogP contribution in [0.3, 0.4) is 0 Å². The van der Waals surface area contributed by atoms with Crippen molar-refractivity contribution in [3.8, 4) is 11.4 Å². The summed E-state index contributed by atoms with van der Waals surface area (Å²) < 4.78 is 6.41. The quantitative estimate of drug-likeness (QED) is 0.674. The molecule has 1 N–H and O–H groups in total. The number of nitrogens with zero attached hydrogens (tertiary/aromatic N) is 3. The van der Waals surface area contributed by atoms with Gasteiger partial charge in [0.25, 0.3) is 5.69 Å². The number of carboxylic acids is 1. The minimum absolute atomic E-state index is 0.0783. The van der Waals surface area contributed by atoms with Gasteiger partial charge in [-0.3, -0.25) is 10.1 Å². The second kappa shape index (κ2) is 5.00. The summed E-state index contributed by atoms with van der Waals surface area (Å²) in [4.78, 5) is 21.1. The third-order valence-electron chi connectivity index (χ3n) is 2.72. The van der Waals surface area contributed by atoms with Crippen molar-refractivity contribution in [1.29, 1.82) is 0 Å². The van der Waals surface area contributed by atoms with Gasteiger partial charge >= 0.3 is 5.97 Å². The number of aromatic nitrogens is 2. The van der Waals surface area contributed by atoms with E-state index in [9.17, 15) is 14.9 Å². The van der Waals surface area contributed by atoms with Crippen LogP contribution in [0.25, 0.3) is 5.69 Å². The average Bonchev–Trinajstić information content (AvgIpc) is 2.80. The van der Waals surface area contributed by atoms with Crippen LogP contribution >= 0.6 is 0 Å². The molecule has 0 aliphatic rings. The van der Waals surface area contributed by atoms with Crippen LogP contribution in [0.4, 0.5) is 5.69 Å². The summed E-state index contributed by atoms with van der Waals surface area (Å²) in [7, 11) is 1.37. The largest absolute Gasteiger partial charge is 0.494 e. The molecule has 0 amide bonds. The smallest absolute Gasteiger partial charge is 0.356 e. The van der Waals surface area contributed by atoms with Gasteiger partial charge in [-0.2, -0.15) is 5.10 Å². The maximum atomic E-state index is 11.0. The van der Waals surface area contributed by atoms with Crippen LogP contribution in [-0.4, -0.2) is 32.9 Å². The molecular weight excluding hydrogens is 266 g/mol. The summed E-state index contributed by atoms with van der Waals surface area (Å²) in [5.74, 6) is -0.902. The zero-order valence-corrected chi connectivity index (χ0v) is 10.7. The van der Waals surface area contributed by atoms with Gasteiger partial charge in [-0.1, -0.05) is 0 Å². The van der Waals surface area contributed by atoms with Crippen molar-refractivity contribution in [3.05, 3.63) is 45.8 Å². The number of benzene rings is 1. The number of carboxylic acid groups (broad SMARTS) is 1. The highest BCUT2D eigenvalue weighted by Gasteiger charge is 2.17. The molecule has 2 aromatic rings. The summed E-state index contributed by atoms with van der Waals surface area (Å²) in [6.45, 7) is 1.62. The van der Waals surface area contributed by atoms with Crippen LogP contribution in [0.1, 0.15) is 16.1 Å². The Labute approximate surface area is 113 Å². The van der Waals surface area contributed by atoms with Crippen molar-refractivity contribution < 1.29 is 19.6 Å². The Morgan fingerprint density at radius 3 is 2.70 bits per heavy atom. The third kappa shape index (κ3) is 2.30. The first kappa shape index (κ1) is 13.5. The molecule has 0 radical (unpaired) electrons. The Balaban J connectivity index is 2.55. The Morgan fingerprint density at radius 1 is 1.50 bits per heavy atom. The highest BCUT2D eigenvalue weighted by atomic mass is 16.6. The first-order valence-corrected chi connectivity index (χ1v) is 5.56. The molecule has 1 aromatic carbocycles. The van der Waals surface area contributed by atoms with Crippen molar-refractivity contribution in [3.63, 3.8) is 0 Å². The molecule has 0 spiro atoms. The second-order valence-electron chi connectivity index (χ2n) is 4.02. The number of ether oxygens (including phenoxy) is 1. The first-order valence-electron chi connectivity index (χ1n) is 5.56. The lowest BCUT2D eigenvalue weighted by atomic mass is 10.2. The normalized spacial score (nSPS) is 10.3. The SMILES string of the molecule is COc1cc([N+](=O)[O-])ccc1-n1cc(C)c(C(=O)O)n1. The van der Waals surface area contributed by atoms with Gasteiger partial charge < -0.3 is 9.84 Å². The average molecular weight is 277 g/mol. The molecule has 8 heteroatoms. The first-order chi connectivity index (χ1) is 9.43. The van der Waals surface area contributed by atoms with Crippen LogP contribution in [0.2, 0.25) is 0 Å². The minimum Gasteiger partial charge on any atom is -0.494 e. The van der Waals surface area contributed by atoms with Crippen LogP contribution in [0.5, 0.6) is 5.75 Å². The van der Waals surface area contributed by atoms with Gasteiger partial charge in [-0.25, -0.2) is 9.48 Å². The number of nitro benzene ring substituents is 1. The van der Waals surface area contributed by atoms with E-state index in [2.05, 4.69) is 5.10 Å². The van der Waals surface area contributed by atoms with Crippen molar-refractivity contribution in [2.24, 2.45) is 0 Å². The van der Waals surface area contributed by atoms with Crippen LogP contribution in [-0.2, 0) is 0 Å². The minimum atomic E-state index is -1.14. The number of nitro groups is 1. The summed E-state index contributed by atoms with van der Waals surface area (Å²) in [5.41, 5.74) is 0.713. The Hall–Kier alpha value is -2.90. The number of hydrogen-bond acceptors (Lipinski definition) is 5. The van der Waals surface area contributed by atoms with E-state index in [1.807, 2.05) is 0 Å². The summed E-state index contributed by atoms with van der Waals surface area (Å²) in [6, 6.07) is 4.01. The molecule has 0 saturated heterocycles. The van der Waals surface area contributed by atoms with Gasteiger partial charge in [0, 0.05) is 17.8 Å². The van der Waals surface area contributed by atoms with Gasteiger partial charge in [0.05, 0.1) is 18.1 Å². The lowest BCUT2D eigenvalue weighted by Crippen LogP contribution is -2.03. The van der Waals surface area contributed by atoms with Gasteiger partial charge in [-0.05, 0) is 13.0 Å². The predicted molar refractivity (Wildman–Crippen MR) is 68.5 cm³/mol. The molecule has 0 aliphatic carbocycles. The maximum Gasteiger partial charge on any atom is 0.356 e. The van der Waals surface area contributed by atoms with E-state index < -0.39 is 10.9 Å². The van der Waals surface area contributed by atoms with Crippen LogP contribution in [0, 0.1) is 17.0 Å². The topological polar surface area (TPSA) is 107 Å². The van der Waals surface area contributed by atoms with E-state index in [4.69, 9.17) is 9.84 Å². The molecule has 0 fully saturated rings. The number of methoxy groups -OCH3 is 1. The predicted octanol–water partition coefficient (Wildman–Crippen LogP) is 1.80. The molecule has 0 atom stereocenters. The molecular formula is C12H11N3O5. The Bertz CT molecular complexity index is 692. The molecule has 0 bridgehead atoms. The number of hydrogen-bond donors (Lipinski definition) is 1. The van der Waals surface area contributed by atoms with Gasteiger partial charge in [0.1, 0.15) is 5.69 Å². The van der Waals surface area contributed by atoms with Crippen molar-refractivity contribution >= 4 is 11.7 Å². The summed E-state index contributed by atoms with van der Waals surface area (Å²) in [5, 5.41) is 23.6. The second-order valence-corrected chi connectivity index (χ2v) is 4.02. The lowest BCUT2D eigenvalue weighted by molar-refractivity contribution is -0.384. The summed E-state index contributed by atoms with van der Waals surface area (Å²) >= 11 is 0. The number of carbonyl (C=O) groups is 1. The maximum absolute atomic E-state index is 11.0. The van der Waals surface area contributed by atoms with E-state index in [-0.39, 0.29) is 17.1 Å². The molecule has 104 valence electrons. The van der Waals surface area contributed by atoms with Crippen molar-refractivity contribution in [2.45, 2.75) is 6.92 Å². The molecule has 0 aliphatic heterocycles. The standard InChI is InChI=1S/C12H11N3O5/c1-7-6-14(13-11(7)12(16)17)9-4-3-8(15(18)19)5-10(9)20-2/h3-6H,1-2H3,(H,16,17). The molecule has 0 unspecified atom stereocenters. The van der Waals surface area contributed by atoms with Gasteiger partial charge in [0.15, 0.2) is 11.4 Å². The van der Waals surface area contributed by atoms with E-state index in [0.29, 0.717) is 11.3 Å². The molecule has 8 nitrogen and oxygen atoms in total. The lowest BCUT2D eigenvalue weighted by Gasteiger charge is -2.07. The number of non-ortho nitro benzene ring substituents is 1. The number of aromatic carboxylic acids is 1. The van der Waals surface area contributed by atoms with Gasteiger partial charge in [-0.15, -0.1) is 0 Å². The van der Waals surface area contributed by atoms with E-state index in [1.165, 1.54) is 36.2 Å². The van der Waals surface area contributed by atoms with E-state index in [0.717, 1.165) is 0 Å². The van der Waals surface area contributed by atoms with Gasteiger partial charge in [0.2, 0.25) is 0 Å². The molecule has 20 heavy (non-hydrogen) atoms. The molecule has 0 saturated carbocycles. The monoisotopic (exact) mass is 277 g/mol. The third-order valence-corrected chi connectivity index (χ3v) is 2.72. The molecule has 1 aromatic heterocycles. The van der Waals surface area contributed by atoms with E-state index in [1.54, 1.807) is 6.92 Å². The molecule has 2 rings (SSSR count). The summed E-state index contributed by atoms with van der Waals surface area (Å²) in [6.07, 6.45) is 1.52.